The maximum absolute atomic E-state index is 12.8. The van der Waals surface area contributed by atoms with Gasteiger partial charge in [-0.1, -0.05) is 23.5 Å². The van der Waals surface area contributed by atoms with Crippen molar-refractivity contribution in [2.24, 2.45) is 0 Å². The van der Waals surface area contributed by atoms with Gasteiger partial charge < -0.3 is 15.3 Å². The van der Waals surface area contributed by atoms with Gasteiger partial charge in [0.25, 0.3) is 0 Å². The van der Waals surface area contributed by atoms with Gasteiger partial charge in [0.05, 0.1) is 22.7 Å². The molecule has 2 heterocycles. The number of carboxylic acids is 1. The summed E-state index contributed by atoms with van der Waals surface area (Å²) in [6, 6.07) is 12.9. The summed E-state index contributed by atoms with van der Waals surface area (Å²) >= 11 is 1.35. The van der Waals surface area contributed by atoms with Crippen LogP contribution >= 0.6 is 11.5 Å². The van der Waals surface area contributed by atoms with Crippen LogP contribution in [0.2, 0.25) is 0 Å². The van der Waals surface area contributed by atoms with Crippen molar-refractivity contribution >= 4 is 34.8 Å². The Morgan fingerprint density at radius 2 is 2.00 bits per heavy atom. The van der Waals surface area contributed by atoms with Crippen LogP contribution in [0.5, 0.6) is 0 Å². The Labute approximate surface area is 184 Å². The van der Waals surface area contributed by atoms with Crippen LogP contribution in [0, 0.1) is 0 Å². The monoisotopic (exact) mass is 436 g/mol. The van der Waals surface area contributed by atoms with Gasteiger partial charge in [0.2, 0.25) is 5.91 Å². The molecule has 0 saturated carbocycles. The number of anilines is 2. The molecule has 1 aliphatic heterocycles. The number of benzene rings is 2. The van der Waals surface area contributed by atoms with E-state index >= 15 is 0 Å². The summed E-state index contributed by atoms with van der Waals surface area (Å²) in [6.07, 6.45) is 3.66. The first-order chi connectivity index (χ1) is 15.0. The third-order valence-corrected chi connectivity index (χ3v) is 6.24. The van der Waals surface area contributed by atoms with Crippen molar-refractivity contribution in [3.8, 4) is 10.4 Å². The fraction of sp³-hybridized carbons (Fsp3) is 0.304. The Morgan fingerprint density at radius 3 is 2.65 bits per heavy atom. The standard InChI is InChI=1S/C23H24N4O3S/c1-3-4-22(28)27-14(2)11-19(18-12-16(23(29)30)7-10-20(18)27)25-17-8-5-15(6-9-17)21-13-24-26-31-21/h5-10,12-14,19,25H,3-4,11H2,1-2H3,(H,29,30)/t14-,19+/m0/s1. The lowest BCUT2D eigenvalue weighted by Gasteiger charge is -2.40. The molecule has 0 aliphatic carbocycles. The average molecular weight is 437 g/mol. The molecule has 4 rings (SSSR count). The third-order valence-electron chi connectivity index (χ3n) is 5.53. The van der Waals surface area contributed by atoms with Crippen molar-refractivity contribution in [3.05, 3.63) is 59.8 Å². The second kappa shape index (κ2) is 8.85. The van der Waals surface area contributed by atoms with Crippen molar-refractivity contribution in [2.75, 3.05) is 10.2 Å². The number of nitrogens with zero attached hydrogens (tertiary/aromatic N) is 3. The summed E-state index contributed by atoms with van der Waals surface area (Å²) in [7, 11) is 0. The SMILES string of the molecule is CCCC(=O)N1c2ccc(C(=O)O)cc2[C@H](Nc2ccc(-c3cnns3)cc2)C[C@@H]1C. The number of rotatable bonds is 6. The van der Waals surface area contributed by atoms with E-state index in [1.165, 1.54) is 11.5 Å². The van der Waals surface area contributed by atoms with Crippen molar-refractivity contribution in [3.63, 3.8) is 0 Å². The molecule has 1 aliphatic rings. The van der Waals surface area contributed by atoms with Crippen molar-refractivity contribution in [1.82, 2.24) is 9.59 Å². The fourth-order valence-electron chi connectivity index (χ4n) is 4.07. The van der Waals surface area contributed by atoms with E-state index in [2.05, 4.69) is 14.9 Å². The number of amides is 1. The van der Waals surface area contributed by atoms with E-state index in [9.17, 15) is 14.7 Å². The number of carboxylic acid groups (broad SMARTS) is 1. The number of carbonyl (C=O) groups excluding carboxylic acids is 1. The van der Waals surface area contributed by atoms with Crippen LogP contribution in [0.3, 0.4) is 0 Å². The number of fused-ring (bicyclic) bond motifs is 1. The van der Waals surface area contributed by atoms with Gasteiger partial charge in [-0.2, -0.15) is 0 Å². The lowest BCUT2D eigenvalue weighted by atomic mass is 9.89. The number of hydrogen-bond donors (Lipinski definition) is 2. The van der Waals surface area contributed by atoms with E-state index in [4.69, 9.17) is 0 Å². The zero-order valence-electron chi connectivity index (χ0n) is 17.4. The smallest absolute Gasteiger partial charge is 0.335 e. The summed E-state index contributed by atoms with van der Waals surface area (Å²) in [5.74, 6) is -0.908. The third kappa shape index (κ3) is 4.29. The molecule has 8 heteroatoms. The van der Waals surface area contributed by atoms with Gasteiger partial charge >= 0.3 is 5.97 Å². The molecular formula is C23H24N4O3S. The van der Waals surface area contributed by atoms with Crippen LogP contribution in [0.25, 0.3) is 10.4 Å². The van der Waals surface area contributed by atoms with Gasteiger partial charge in [0, 0.05) is 23.8 Å². The van der Waals surface area contributed by atoms with E-state index < -0.39 is 5.97 Å². The van der Waals surface area contributed by atoms with Crippen LogP contribution in [0.4, 0.5) is 11.4 Å². The highest BCUT2D eigenvalue weighted by Gasteiger charge is 2.34. The number of nitrogens with one attached hydrogen (secondary N) is 1. The summed E-state index contributed by atoms with van der Waals surface area (Å²) in [6.45, 7) is 4.02. The Balaban J connectivity index is 1.66. The molecule has 1 amide bonds. The number of aromatic carboxylic acids is 1. The second-order valence-corrected chi connectivity index (χ2v) is 8.52. The second-order valence-electron chi connectivity index (χ2n) is 7.73. The molecule has 2 N–H and O–H groups in total. The summed E-state index contributed by atoms with van der Waals surface area (Å²) < 4.78 is 3.90. The first kappa shape index (κ1) is 21.0. The minimum Gasteiger partial charge on any atom is -0.478 e. The molecule has 7 nitrogen and oxygen atoms in total. The van der Waals surface area contributed by atoms with Crippen LogP contribution in [0.15, 0.2) is 48.7 Å². The zero-order chi connectivity index (χ0) is 22.0. The van der Waals surface area contributed by atoms with Crippen LogP contribution in [-0.4, -0.2) is 32.6 Å². The highest BCUT2D eigenvalue weighted by Crippen LogP contribution is 2.40. The van der Waals surface area contributed by atoms with Crippen LogP contribution in [-0.2, 0) is 4.79 Å². The Morgan fingerprint density at radius 1 is 1.23 bits per heavy atom. The quantitative estimate of drug-likeness (QED) is 0.566. The predicted octanol–water partition coefficient (Wildman–Crippen LogP) is 4.98. The Hall–Kier alpha value is -3.26. The van der Waals surface area contributed by atoms with E-state index in [-0.39, 0.29) is 23.6 Å². The van der Waals surface area contributed by atoms with Crippen molar-refractivity contribution in [2.45, 2.75) is 45.2 Å². The molecule has 0 bridgehead atoms. The average Bonchev–Trinajstić information content (AvgIpc) is 3.29. The van der Waals surface area contributed by atoms with Crippen LogP contribution in [0.1, 0.15) is 55.1 Å². The lowest BCUT2D eigenvalue weighted by Crippen LogP contribution is -2.44. The van der Waals surface area contributed by atoms with Gasteiger partial charge in [0.1, 0.15) is 0 Å². The molecule has 1 aromatic heterocycles. The van der Waals surface area contributed by atoms with Crippen LogP contribution < -0.4 is 10.2 Å². The number of carbonyl (C=O) groups is 2. The van der Waals surface area contributed by atoms with Crippen molar-refractivity contribution in [1.29, 1.82) is 0 Å². The molecule has 0 unspecified atom stereocenters. The van der Waals surface area contributed by atoms with Crippen molar-refractivity contribution < 1.29 is 14.7 Å². The summed E-state index contributed by atoms with van der Waals surface area (Å²) in [5.41, 5.74) is 3.81. The minimum absolute atomic E-state index is 0.00210. The maximum Gasteiger partial charge on any atom is 0.335 e. The molecule has 3 aromatic rings. The highest BCUT2D eigenvalue weighted by atomic mass is 32.1. The molecule has 0 fully saturated rings. The Kier molecular flexibility index (Phi) is 5.99. The molecule has 0 spiro atoms. The molecule has 0 radical (unpaired) electrons. The number of hydrogen-bond acceptors (Lipinski definition) is 6. The van der Waals surface area contributed by atoms with Gasteiger partial charge in [0.15, 0.2) is 0 Å². The maximum atomic E-state index is 12.8. The largest absolute Gasteiger partial charge is 0.478 e. The minimum atomic E-state index is -0.978. The van der Waals surface area contributed by atoms with E-state index in [0.717, 1.165) is 33.8 Å². The molecule has 0 saturated heterocycles. The van der Waals surface area contributed by atoms with Gasteiger partial charge in [-0.25, -0.2) is 4.79 Å². The fourth-order valence-corrected chi connectivity index (χ4v) is 4.59. The van der Waals surface area contributed by atoms with Gasteiger partial charge in [-0.05, 0) is 72.8 Å². The Bertz CT molecular complexity index is 1080. The number of aromatic nitrogens is 2. The molecule has 2 atom stereocenters. The van der Waals surface area contributed by atoms with E-state index in [1.807, 2.05) is 43.0 Å². The summed E-state index contributed by atoms with van der Waals surface area (Å²) in [5, 5.41) is 16.9. The molecule has 31 heavy (non-hydrogen) atoms. The molecule has 2 aromatic carbocycles. The van der Waals surface area contributed by atoms with E-state index in [1.54, 1.807) is 24.4 Å². The zero-order valence-corrected chi connectivity index (χ0v) is 18.2. The predicted molar refractivity (Wildman–Crippen MR) is 122 cm³/mol. The first-order valence-corrected chi connectivity index (χ1v) is 11.1. The molecule has 160 valence electrons. The molecular weight excluding hydrogens is 412 g/mol. The normalized spacial score (nSPS) is 17.8. The van der Waals surface area contributed by atoms with E-state index in [0.29, 0.717) is 12.8 Å². The highest BCUT2D eigenvalue weighted by molar-refractivity contribution is 7.09. The van der Waals surface area contributed by atoms with Gasteiger partial charge in [-0.3, -0.25) is 4.79 Å². The topological polar surface area (TPSA) is 95.4 Å². The first-order valence-electron chi connectivity index (χ1n) is 10.3. The summed E-state index contributed by atoms with van der Waals surface area (Å²) in [4.78, 5) is 27.2. The van der Waals surface area contributed by atoms with Gasteiger partial charge in [-0.15, -0.1) is 5.10 Å². The lowest BCUT2D eigenvalue weighted by molar-refractivity contribution is -0.119.